The number of hydrogen-bond donors (Lipinski definition) is 3. The number of aromatic nitrogens is 1. The summed E-state index contributed by atoms with van der Waals surface area (Å²) in [7, 11) is 1.56. The summed E-state index contributed by atoms with van der Waals surface area (Å²) in [6, 6.07) is 6.57. The number of methoxy groups -OCH3 is 1. The van der Waals surface area contributed by atoms with Crippen LogP contribution in [0.3, 0.4) is 0 Å². The molecule has 0 saturated carbocycles. The predicted octanol–water partition coefficient (Wildman–Crippen LogP) is 2.53. The van der Waals surface area contributed by atoms with Crippen molar-refractivity contribution in [3.8, 4) is 5.75 Å². The van der Waals surface area contributed by atoms with Crippen LogP contribution in [0, 0.1) is 0 Å². The molecule has 1 aromatic carbocycles. The van der Waals surface area contributed by atoms with Gasteiger partial charge in [0.15, 0.2) is 0 Å². The molecule has 0 radical (unpaired) electrons. The molecule has 106 valence electrons. The number of benzene rings is 1. The quantitative estimate of drug-likeness (QED) is 0.596. The second kappa shape index (κ2) is 6.28. The van der Waals surface area contributed by atoms with Crippen LogP contribution in [0.5, 0.6) is 5.75 Å². The van der Waals surface area contributed by atoms with E-state index in [1.807, 2.05) is 6.07 Å². The van der Waals surface area contributed by atoms with E-state index >= 15 is 0 Å². The summed E-state index contributed by atoms with van der Waals surface area (Å²) in [5, 5.41) is 1.04. The van der Waals surface area contributed by atoms with Gasteiger partial charge in [0, 0.05) is 22.3 Å². The Kier molecular flexibility index (Phi) is 4.67. The van der Waals surface area contributed by atoms with Crippen LogP contribution in [0.25, 0.3) is 0 Å². The number of hydrogen-bond acceptors (Lipinski definition) is 5. The standard InChI is InChI=1S/C13H14Cl2N4O/c1-20-11-5-7(14)2-3-9(11)12(19-17)10-4-8(15)6-18-13(10)16/h2-6,12,19H,17H2,1H3,(H2,16,18). The molecule has 0 aliphatic heterocycles. The molecule has 0 bridgehead atoms. The Labute approximate surface area is 126 Å². The molecule has 2 rings (SSSR count). The lowest BCUT2D eigenvalue weighted by Gasteiger charge is -2.20. The van der Waals surface area contributed by atoms with Gasteiger partial charge in [-0.05, 0) is 18.2 Å². The second-order valence-electron chi connectivity index (χ2n) is 4.11. The Morgan fingerprint density at radius 1 is 1.20 bits per heavy atom. The van der Waals surface area contributed by atoms with E-state index in [-0.39, 0.29) is 0 Å². The number of rotatable bonds is 4. The maximum Gasteiger partial charge on any atom is 0.128 e. The van der Waals surface area contributed by atoms with Crippen molar-refractivity contribution in [2.24, 2.45) is 5.84 Å². The molecule has 0 spiro atoms. The molecule has 1 unspecified atom stereocenters. The summed E-state index contributed by atoms with van der Waals surface area (Å²) in [5.74, 6) is 6.59. The van der Waals surface area contributed by atoms with Gasteiger partial charge in [-0.1, -0.05) is 29.3 Å². The van der Waals surface area contributed by atoms with Crippen LogP contribution in [-0.4, -0.2) is 12.1 Å². The van der Waals surface area contributed by atoms with Crippen LogP contribution in [-0.2, 0) is 0 Å². The van der Waals surface area contributed by atoms with Crippen molar-refractivity contribution >= 4 is 29.0 Å². The van der Waals surface area contributed by atoms with E-state index in [0.29, 0.717) is 27.2 Å². The molecule has 5 N–H and O–H groups in total. The Morgan fingerprint density at radius 2 is 1.95 bits per heavy atom. The first-order valence-corrected chi connectivity index (χ1v) is 6.53. The normalized spacial score (nSPS) is 12.2. The fourth-order valence-corrected chi connectivity index (χ4v) is 2.30. The molecule has 0 saturated heterocycles. The lowest BCUT2D eigenvalue weighted by atomic mass is 9.99. The number of hydrazine groups is 1. The number of pyridine rings is 1. The Balaban J connectivity index is 2.55. The Hall–Kier alpha value is -1.53. The van der Waals surface area contributed by atoms with Gasteiger partial charge in [-0.3, -0.25) is 5.84 Å². The highest BCUT2D eigenvalue weighted by Crippen LogP contribution is 2.34. The highest BCUT2D eigenvalue weighted by molar-refractivity contribution is 6.31. The zero-order valence-corrected chi connectivity index (χ0v) is 12.2. The summed E-state index contributed by atoms with van der Waals surface area (Å²) in [6.07, 6.45) is 1.48. The van der Waals surface area contributed by atoms with Gasteiger partial charge in [-0.25, -0.2) is 10.4 Å². The summed E-state index contributed by atoms with van der Waals surface area (Å²) in [5.41, 5.74) is 10.0. The Morgan fingerprint density at radius 3 is 2.60 bits per heavy atom. The monoisotopic (exact) mass is 312 g/mol. The minimum absolute atomic E-state index is 0.342. The third-order valence-electron chi connectivity index (χ3n) is 2.90. The highest BCUT2D eigenvalue weighted by Gasteiger charge is 2.20. The van der Waals surface area contributed by atoms with Gasteiger partial charge >= 0.3 is 0 Å². The van der Waals surface area contributed by atoms with Crippen LogP contribution in [0.1, 0.15) is 17.2 Å². The summed E-state index contributed by atoms with van der Waals surface area (Å²) < 4.78 is 5.33. The molecule has 20 heavy (non-hydrogen) atoms. The molecule has 5 nitrogen and oxygen atoms in total. The van der Waals surface area contributed by atoms with Gasteiger partial charge in [0.25, 0.3) is 0 Å². The first-order chi connectivity index (χ1) is 9.56. The lowest BCUT2D eigenvalue weighted by Crippen LogP contribution is -2.30. The van der Waals surface area contributed by atoms with Crippen molar-refractivity contribution in [3.63, 3.8) is 0 Å². The largest absolute Gasteiger partial charge is 0.496 e. The first kappa shape index (κ1) is 14.9. The molecular weight excluding hydrogens is 299 g/mol. The smallest absolute Gasteiger partial charge is 0.128 e. The van der Waals surface area contributed by atoms with Gasteiger partial charge in [-0.15, -0.1) is 0 Å². The average molecular weight is 313 g/mol. The fourth-order valence-electron chi connectivity index (χ4n) is 1.97. The number of ether oxygens (including phenoxy) is 1. The van der Waals surface area contributed by atoms with E-state index in [9.17, 15) is 0 Å². The van der Waals surface area contributed by atoms with E-state index in [2.05, 4.69) is 10.4 Å². The topological polar surface area (TPSA) is 86.2 Å². The molecule has 0 aliphatic rings. The predicted molar refractivity (Wildman–Crippen MR) is 80.8 cm³/mol. The van der Waals surface area contributed by atoms with Crippen molar-refractivity contribution in [1.82, 2.24) is 10.4 Å². The van der Waals surface area contributed by atoms with Gasteiger partial charge in [0.2, 0.25) is 0 Å². The van der Waals surface area contributed by atoms with Crippen LogP contribution in [0.2, 0.25) is 10.0 Å². The van der Waals surface area contributed by atoms with Crippen molar-refractivity contribution in [3.05, 3.63) is 51.6 Å². The fraction of sp³-hybridized carbons (Fsp3) is 0.154. The molecular formula is C13H14Cl2N4O. The van der Waals surface area contributed by atoms with Crippen molar-refractivity contribution in [2.45, 2.75) is 6.04 Å². The van der Waals surface area contributed by atoms with Gasteiger partial charge in [0.05, 0.1) is 18.2 Å². The van der Waals surface area contributed by atoms with E-state index in [4.69, 9.17) is 39.5 Å². The SMILES string of the molecule is COc1cc(Cl)ccc1C(NN)c1cc(Cl)cnc1N. The number of nitrogens with two attached hydrogens (primary N) is 2. The molecule has 2 aromatic rings. The third-order valence-corrected chi connectivity index (χ3v) is 3.34. The molecule has 7 heteroatoms. The van der Waals surface area contributed by atoms with Crippen molar-refractivity contribution in [2.75, 3.05) is 12.8 Å². The second-order valence-corrected chi connectivity index (χ2v) is 4.99. The van der Waals surface area contributed by atoms with Crippen LogP contribution in [0.4, 0.5) is 5.82 Å². The van der Waals surface area contributed by atoms with Crippen LogP contribution in [0.15, 0.2) is 30.5 Å². The zero-order valence-electron chi connectivity index (χ0n) is 10.7. The lowest BCUT2D eigenvalue weighted by molar-refractivity contribution is 0.404. The van der Waals surface area contributed by atoms with Gasteiger partial charge in [0.1, 0.15) is 11.6 Å². The highest BCUT2D eigenvalue weighted by atomic mass is 35.5. The maximum atomic E-state index is 5.97. The first-order valence-electron chi connectivity index (χ1n) is 5.77. The van der Waals surface area contributed by atoms with E-state index in [1.165, 1.54) is 6.20 Å². The zero-order chi connectivity index (χ0) is 14.7. The van der Waals surface area contributed by atoms with Gasteiger partial charge < -0.3 is 10.5 Å². The van der Waals surface area contributed by atoms with Crippen molar-refractivity contribution < 1.29 is 4.74 Å². The van der Waals surface area contributed by atoms with E-state index < -0.39 is 6.04 Å². The molecule has 1 atom stereocenters. The van der Waals surface area contributed by atoms with Gasteiger partial charge in [-0.2, -0.15) is 0 Å². The summed E-state index contributed by atoms with van der Waals surface area (Å²) in [4.78, 5) is 4.03. The number of halogens is 2. The number of nitrogens with one attached hydrogen (secondary N) is 1. The number of nitrogens with zero attached hydrogens (tertiary/aromatic N) is 1. The summed E-state index contributed by atoms with van der Waals surface area (Å²) in [6.45, 7) is 0. The molecule has 0 fully saturated rings. The molecule has 1 aromatic heterocycles. The average Bonchev–Trinajstić information content (AvgIpc) is 2.44. The minimum Gasteiger partial charge on any atom is -0.496 e. The minimum atomic E-state index is -0.409. The van der Waals surface area contributed by atoms with Crippen LogP contribution < -0.4 is 21.7 Å². The molecule has 0 amide bonds. The summed E-state index contributed by atoms with van der Waals surface area (Å²) >= 11 is 11.9. The molecule has 0 aliphatic carbocycles. The van der Waals surface area contributed by atoms with Crippen molar-refractivity contribution in [1.29, 1.82) is 0 Å². The maximum absolute atomic E-state index is 5.97. The number of anilines is 1. The Bertz CT molecular complexity index is 621. The molecule has 1 heterocycles. The number of nitrogen functional groups attached to an aromatic ring is 1. The third kappa shape index (κ3) is 2.96. The van der Waals surface area contributed by atoms with Crippen LogP contribution >= 0.6 is 23.2 Å². The van der Waals surface area contributed by atoms with E-state index in [0.717, 1.165) is 5.56 Å². The van der Waals surface area contributed by atoms with E-state index in [1.54, 1.807) is 25.3 Å².